The smallest absolute Gasteiger partial charge is 0.293 e. The summed E-state index contributed by atoms with van der Waals surface area (Å²) in [5, 5.41) is 15.3. The Morgan fingerprint density at radius 1 is 1.17 bits per heavy atom. The lowest BCUT2D eigenvalue weighted by Gasteiger charge is -2.38. The molecule has 2 N–H and O–H groups in total. The molecule has 1 saturated heterocycles. The number of amides is 1. The summed E-state index contributed by atoms with van der Waals surface area (Å²) in [6.45, 7) is 2.67. The number of benzene rings is 2. The molecule has 42 heavy (non-hydrogen) atoms. The van der Waals surface area contributed by atoms with E-state index in [4.69, 9.17) is 4.74 Å². The lowest BCUT2D eigenvalue weighted by atomic mass is 9.86. The monoisotopic (exact) mass is 622 g/mol. The Morgan fingerprint density at radius 2 is 1.88 bits per heavy atom. The molecule has 2 aromatic carbocycles. The van der Waals surface area contributed by atoms with Crippen LogP contribution in [0.5, 0.6) is 0 Å². The highest BCUT2D eigenvalue weighted by atomic mass is 32.2. The summed E-state index contributed by atoms with van der Waals surface area (Å²) in [5.41, 5.74) is -2.49. The highest BCUT2D eigenvalue weighted by Crippen LogP contribution is 2.33. The number of nitro benzene ring substituents is 1. The van der Waals surface area contributed by atoms with Gasteiger partial charge < -0.3 is 10.1 Å². The number of nitro groups is 1. The number of rotatable bonds is 15. The van der Waals surface area contributed by atoms with E-state index in [0.29, 0.717) is 12.8 Å². The first kappa shape index (κ1) is 32.2. The fraction of sp³-hybridized carbons (Fsp3) is 0.552. The third-order valence-corrected chi connectivity index (χ3v) is 10.3. The maximum absolute atomic E-state index is 15.0. The molecular weight excluding hydrogens is 583 g/mol. The molecule has 230 valence electrons. The van der Waals surface area contributed by atoms with Crippen LogP contribution in [0.15, 0.2) is 58.3 Å². The van der Waals surface area contributed by atoms with Crippen molar-refractivity contribution in [1.29, 1.82) is 0 Å². The lowest BCUT2D eigenvalue weighted by molar-refractivity contribution is -0.384. The molecule has 1 atom stereocenters. The number of hydrogen-bond donors (Lipinski definition) is 2. The van der Waals surface area contributed by atoms with Gasteiger partial charge in [-0.15, -0.1) is 11.8 Å². The summed E-state index contributed by atoms with van der Waals surface area (Å²) in [7, 11) is -2.80. The molecule has 1 aliphatic heterocycles. The van der Waals surface area contributed by atoms with E-state index in [2.05, 4.69) is 10.2 Å². The third kappa shape index (κ3) is 8.65. The molecule has 1 saturated carbocycles. The number of sulfonamides is 1. The van der Waals surface area contributed by atoms with Gasteiger partial charge in [0.25, 0.3) is 21.6 Å². The van der Waals surface area contributed by atoms with Gasteiger partial charge in [-0.3, -0.25) is 19.8 Å². The lowest BCUT2D eigenvalue weighted by Crippen LogP contribution is -2.51. The molecule has 0 bridgehead atoms. The number of carbonyl (C=O) groups excluding carboxylic acids is 1. The van der Waals surface area contributed by atoms with Gasteiger partial charge in [-0.05, 0) is 81.5 Å². The number of likely N-dealkylation sites (tertiary alicyclic amines) is 1. The Morgan fingerprint density at radius 3 is 2.55 bits per heavy atom. The molecule has 10 nitrogen and oxygen atoms in total. The maximum atomic E-state index is 15.0. The van der Waals surface area contributed by atoms with Gasteiger partial charge in [-0.25, -0.2) is 17.5 Å². The van der Waals surface area contributed by atoms with E-state index < -0.39 is 37.1 Å². The molecular formula is C29H39FN4O6S2. The van der Waals surface area contributed by atoms with Crippen LogP contribution in [0.25, 0.3) is 0 Å². The van der Waals surface area contributed by atoms with Crippen molar-refractivity contribution >= 4 is 39.1 Å². The molecule has 0 spiro atoms. The largest absolute Gasteiger partial charge is 0.379 e. The quantitative estimate of drug-likeness (QED) is 0.157. The second-order valence-electron chi connectivity index (χ2n) is 10.9. The summed E-state index contributed by atoms with van der Waals surface area (Å²) in [6, 6.07) is 13.3. The van der Waals surface area contributed by atoms with Crippen LogP contribution in [0.1, 0.15) is 51.4 Å². The summed E-state index contributed by atoms with van der Waals surface area (Å²) >= 11 is 1.70. The second-order valence-corrected chi connectivity index (χ2v) is 13.8. The first-order chi connectivity index (χ1) is 20.1. The molecule has 0 radical (unpaired) electrons. The van der Waals surface area contributed by atoms with Crippen molar-refractivity contribution in [2.75, 3.05) is 37.8 Å². The van der Waals surface area contributed by atoms with Crippen molar-refractivity contribution in [3.05, 3.63) is 58.6 Å². The topological polar surface area (TPSA) is 131 Å². The summed E-state index contributed by atoms with van der Waals surface area (Å²) in [4.78, 5) is 26.9. The summed E-state index contributed by atoms with van der Waals surface area (Å²) in [5.74, 6) is -0.434. The number of thioether (sulfide) groups is 1. The Labute approximate surface area is 251 Å². The van der Waals surface area contributed by atoms with Crippen LogP contribution in [0, 0.1) is 10.1 Å². The van der Waals surface area contributed by atoms with Gasteiger partial charge in [0.1, 0.15) is 5.69 Å². The fourth-order valence-electron chi connectivity index (χ4n) is 5.32. The van der Waals surface area contributed by atoms with Gasteiger partial charge in [-0.1, -0.05) is 24.6 Å². The molecule has 1 unspecified atom stereocenters. The van der Waals surface area contributed by atoms with E-state index in [1.54, 1.807) is 18.9 Å². The summed E-state index contributed by atoms with van der Waals surface area (Å²) < 4.78 is 48.1. The fourth-order valence-corrected chi connectivity index (χ4v) is 7.37. The number of nitrogens with zero attached hydrogens (tertiary/aromatic N) is 2. The molecule has 1 aliphatic carbocycles. The Balaban J connectivity index is 1.45. The van der Waals surface area contributed by atoms with E-state index in [0.717, 1.165) is 62.0 Å². The molecule has 0 aromatic heterocycles. The first-order valence-electron chi connectivity index (χ1n) is 14.3. The van der Waals surface area contributed by atoms with Crippen LogP contribution in [-0.2, 0) is 19.6 Å². The number of ether oxygens (including phenoxy) is 1. The van der Waals surface area contributed by atoms with Gasteiger partial charge >= 0.3 is 0 Å². The van der Waals surface area contributed by atoms with Crippen molar-refractivity contribution in [1.82, 2.24) is 9.62 Å². The molecule has 13 heteroatoms. The van der Waals surface area contributed by atoms with Crippen molar-refractivity contribution in [3.63, 3.8) is 0 Å². The van der Waals surface area contributed by atoms with E-state index in [-0.39, 0.29) is 30.7 Å². The average molecular weight is 623 g/mol. The SMILES string of the molecule is COC1CN(CCCC(CCSc2ccccc2)Nc2ccc(S(=O)(=O)NC(=O)C3(F)CCCCC3)cc2[N+](=O)[O-])C1. The van der Waals surface area contributed by atoms with Crippen molar-refractivity contribution < 1.29 is 27.3 Å². The molecule has 2 fully saturated rings. The number of halogens is 1. The number of carbonyl (C=O) groups is 1. The zero-order chi connectivity index (χ0) is 30.2. The Bertz CT molecular complexity index is 1320. The van der Waals surface area contributed by atoms with Crippen molar-refractivity contribution in [3.8, 4) is 0 Å². The molecule has 1 amide bonds. The van der Waals surface area contributed by atoms with Crippen LogP contribution < -0.4 is 10.0 Å². The van der Waals surface area contributed by atoms with Crippen LogP contribution in [0.2, 0.25) is 0 Å². The van der Waals surface area contributed by atoms with E-state index in [1.807, 2.05) is 35.1 Å². The highest BCUT2D eigenvalue weighted by Gasteiger charge is 2.41. The minimum atomic E-state index is -4.51. The predicted octanol–water partition coefficient (Wildman–Crippen LogP) is 5.15. The van der Waals surface area contributed by atoms with Crippen molar-refractivity contribution in [2.24, 2.45) is 0 Å². The average Bonchev–Trinajstić information content (AvgIpc) is 2.94. The number of methoxy groups -OCH3 is 1. The van der Waals surface area contributed by atoms with Crippen LogP contribution >= 0.6 is 11.8 Å². The van der Waals surface area contributed by atoms with Gasteiger partial charge in [0.15, 0.2) is 5.67 Å². The van der Waals surface area contributed by atoms with Crippen LogP contribution in [0.3, 0.4) is 0 Å². The molecule has 2 aromatic rings. The van der Waals surface area contributed by atoms with Gasteiger partial charge in [0.05, 0.1) is 15.9 Å². The van der Waals surface area contributed by atoms with Gasteiger partial charge in [0.2, 0.25) is 0 Å². The summed E-state index contributed by atoms with van der Waals surface area (Å²) in [6.07, 6.45) is 4.30. The molecule has 4 rings (SSSR count). The van der Waals surface area contributed by atoms with E-state index in [1.165, 1.54) is 12.1 Å². The van der Waals surface area contributed by atoms with Gasteiger partial charge in [-0.2, -0.15) is 0 Å². The normalized spacial score (nSPS) is 18.1. The number of nitrogens with one attached hydrogen (secondary N) is 2. The van der Waals surface area contributed by atoms with E-state index >= 15 is 4.39 Å². The van der Waals surface area contributed by atoms with Gasteiger partial charge in [0, 0.05) is 37.2 Å². The first-order valence-corrected chi connectivity index (χ1v) is 16.8. The number of alkyl halides is 1. The standard InChI is InChI=1S/C29H39FN4O6S2/c1-40-23-20-33(21-23)17-8-9-22(14-18-41-24-10-4-2-5-11-24)31-26-13-12-25(19-27(26)34(36)37)42(38,39)32-28(35)29(30)15-6-3-7-16-29/h2,4-5,10-13,19,22-23,31H,3,6-9,14-18,20-21H2,1H3,(H,32,35). The highest BCUT2D eigenvalue weighted by molar-refractivity contribution is 7.99. The second kappa shape index (κ2) is 14.6. The van der Waals surface area contributed by atoms with Crippen LogP contribution in [0.4, 0.5) is 15.8 Å². The number of hydrogen-bond acceptors (Lipinski definition) is 9. The maximum Gasteiger partial charge on any atom is 0.293 e. The number of anilines is 1. The zero-order valence-corrected chi connectivity index (χ0v) is 25.4. The van der Waals surface area contributed by atoms with Crippen molar-refractivity contribution in [2.45, 2.75) is 79.0 Å². The molecule has 1 heterocycles. The minimum Gasteiger partial charge on any atom is -0.379 e. The Hall–Kier alpha value is -2.74. The minimum absolute atomic E-state index is 0.0496. The zero-order valence-electron chi connectivity index (χ0n) is 23.8. The third-order valence-electron chi connectivity index (χ3n) is 7.88. The van der Waals surface area contributed by atoms with E-state index in [9.17, 15) is 23.3 Å². The predicted molar refractivity (Wildman–Crippen MR) is 161 cm³/mol. The molecule has 2 aliphatic rings. The van der Waals surface area contributed by atoms with Crippen LogP contribution in [-0.4, -0.2) is 74.5 Å². The Kier molecular flexibility index (Phi) is 11.2.